The molecule has 0 N–H and O–H groups in total. The molecule has 0 spiro atoms. The topological polar surface area (TPSA) is 19.4 Å². The Kier molecular flexibility index (Phi) is 24.4. The lowest BCUT2D eigenvalue weighted by atomic mass is 9.86. The molecule has 1 fully saturated rings. The van der Waals surface area contributed by atoms with Crippen LogP contribution in [0.25, 0.3) is 144 Å². The van der Waals surface area contributed by atoms with Gasteiger partial charge in [-0.3, -0.25) is 0 Å². The lowest BCUT2D eigenvalue weighted by molar-refractivity contribution is -0.665. The molecule has 18 aromatic rings. The summed E-state index contributed by atoms with van der Waals surface area (Å²) in [6.45, 7) is 27.8. The molecule has 0 amide bonds. The summed E-state index contributed by atoms with van der Waals surface area (Å²) in [5, 5.41) is 13.5. The molecular formula is C131H132F2N5+5. The molecule has 5 aromatic heterocycles. The lowest BCUT2D eigenvalue weighted by Gasteiger charge is -2.18. The molecule has 0 saturated heterocycles. The van der Waals surface area contributed by atoms with Gasteiger partial charge in [0.05, 0.1) is 49.2 Å². The van der Waals surface area contributed by atoms with Gasteiger partial charge in [-0.1, -0.05) is 146 Å². The van der Waals surface area contributed by atoms with Crippen LogP contribution in [0, 0.1) is 102 Å². The van der Waals surface area contributed by atoms with Crippen molar-refractivity contribution in [3.05, 3.63) is 394 Å². The van der Waals surface area contributed by atoms with Gasteiger partial charge in [-0.2, -0.15) is 22.8 Å². The number of hydrogen-bond donors (Lipinski definition) is 0. The zero-order chi connectivity index (χ0) is 95.7. The fourth-order valence-corrected chi connectivity index (χ4v) is 24.8. The Hall–Kier alpha value is -13.2. The van der Waals surface area contributed by atoms with Crippen LogP contribution >= 0.6 is 0 Å². The van der Waals surface area contributed by atoms with Gasteiger partial charge >= 0.3 is 0 Å². The van der Waals surface area contributed by atoms with Crippen molar-refractivity contribution in [2.45, 2.75) is 217 Å². The van der Waals surface area contributed by atoms with Gasteiger partial charge in [0.15, 0.2) is 28.5 Å². The van der Waals surface area contributed by atoms with E-state index in [0.29, 0.717) is 11.1 Å². The summed E-state index contributed by atoms with van der Waals surface area (Å²) in [5.41, 5.74) is 53.4. The standard InChI is InChI=1S/C28H28N.C27H25FN.C27H26N.C26H28N.C23H25FN/c1-18-13-24(21-9-6-5-7-10-21)17-26(20(18)3)28-27-16-23-12-8-11-22(23)15-25(27)14-19(2)29(28)4;1-17-12-26(28)24(19-8-5-4-6-9-19)16-23(17)27-25-15-21-11-7-10-20(21)14-22(25)13-18(2)29(27)3;1-18-14-23(20-8-5-4-6-9-20)12-13-25(18)27-26-17-22-11-7-10-21(22)16-24(26)15-19(2)28(27)3;1-15-9-23-19-7-8-20(12-19)24(23)14-22(15)26-25-13-18-6-4-5-17(18)11-21(25)10-16(2)27(26)3;1-13-9-20(15(3)16(4)22(13)24)23-21-12-18-8-6-7-17(18)11-19(21)10-14(2)25(23)5/h5-7,9-10,13-17H,8,11-12H2,1-4H3;4-6,8-9,12-16H,7,10-11H2,1-3H3;4-6,8-9,12-17H,7,10-11H2,1-3H3;9-11,13-14,19-20H,4-8,12H2,1-3H3;9-12H,6-8H2,1-5H3/q5*+1. The number of benzene rings is 13. The Morgan fingerprint density at radius 1 is 0.225 bits per heavy atom. The summed E-state index contributed by atoms with van der Waals surface area (Å²) in [6, 6.07) is 89.5. The molecule has 2 atom stereocenters. The molecule has 5 nitrogen and oxygen atoms in total. The van der Waals surface area contributed by atoms with Crippen LogP contribution in [0.4, 0.5) is 8.78 Å². The molecule has 5 heterocycles. The van der Waals surface area contributed by atoms with E-state index in [0.717, 1.165) is 51.6 Å². The average Bonchev–Trinajstić information content (AvgIpc) is 1.63. The maximum Gasteiger partial charge on any atom is 0.220 e. The van der Waals surface area contributed by atoms with Crippen LogP contribution in [0.3, 0.4) is 0 Å². The van der Waals surface area contributed by atoms with Crippen molar-refractivity contribution in [1.82, 2.24) is 0 Å². The van der Waals surface area contributed by atoms with Crippen molar-refractivity contribution in [1.29, 1.82) is 0 Å². The molecule has 690 valence electrons. The summed E-state index contributed by atoms with van der Waals surface area (Å²) in [4.78, 5) is 0. The Morgan fingerprint density at radius 3 is 0.920 bits per heavy atom. The van der Waals surface area contributed by atoms with E-state index >= 15 is 0 Å². The Labute approximate surface area is 816 Å². The van der Waals surface area contributed by atoms with Gasteiger partial charge in [-0.05, 0) is 416 Å². The minimum Gasteiger partial charge on any atom is -0.206 e. The van der Waals surface area contributed by atoms with Crippen LogP contribution in [-0.4, -0.2) is 0 Å². The molecule has 0 radical (unpaired) electrons. The molecule has 7 heteroatoms. The molecule has 7 aliphatic rings. The van der Waals surface area contributed by atoms with E-state index in [4.69, 9.17) is 0 Å². The number of nitrogens with zero attached hydrogens (tertiary/aromatic N) is 5. The van der Waals surface area contributed by atoms with Crippen LogP contribution in [-0.2, 0) is 99.4 Å². The third kappa shape index (κ3) is 16.6. The van der Waals surface area contributed by atoms with E-state index in [-0.39, 0.29) is 11.6 Å². The second-order valence-electron chi connectivity index (χ2n) is 41.8. The molecule has 138 heavy (non-hydrogen) atoms. The highest BCUT2D eigenvalue weighted by atomic mass is 19.1. The van der Waals surface area contributed by atoms with E-state index in [1.54, 1.807) is 39.4 Å². The summed E-state index contributed by atoms with van der Waals surface area (Å²) in [7, 11) is 10.9. The van der Waals surface area contributed by atoms with Crippen molar-refractivity contribution < 1.29 is 31.6 Å². The maximum absolute atomic E-state index is 14.9. The van der Waals surface area contributed by atoms with Crippen molar-refractivity contribution in [2.75, 3.05) is 0 Å². The molecule has 2 bridgehead atoms. The highest BCUT2D eigenvalue weighted by molar-refractivity contribution is 6.01. The van der Waals surface area contributed by atoms with Crippen molar-refractivity contribution in [2.24, 2.45) is 35.2 Å². The number of aryl methyl sites for hydroxylation is 20. The molecule has 0 aliphatic heterocycles. The second kappa shape index (κ2) is 36.9. The number of fused-ring (bicyclic) bond motifs is 15. The Morgan fingerprint density at radius 2 is 0.536 bits per heavy atom. The van der Waals surface area contributed by atoms with Gasteiger partial charge in [-0.15, -0.1) is 0 Å². The van der Waals surface area contributed by atoms with Gasteiger partial charge in [-0.25, -0.2) is 8.78 Å². The second-order valence-corrected chi connectivity index (χ2v) is 41.8. The van der Waals surface area contributed by atoms with Crippen LogP contribution in [0.5, 0.6) is 0 Å². The molecular weight excluding hydrogens is 1680 g/mol. The van der Waals surface area contributed by atoms with E-state index in [2.05, 4.69) is 315 Å². The minimum absolute atomic E-state index is 0.0817. The number of halogens is 2. The molecule has 13 aromatic carbocycles. The Bertz CT molecular complexity index is 8050. The van der Waals surface area contributed by atoms with Crippen molar-refractivity contribution in [3.63, 3.8) is 0 Å². The van der Waals surface area contributed by atoms with Gasteiger partial charge < -0.3 is 0 Å². The highest BCUT2D eigenvalue weighted by Gasteiger charge is 2.39. The summed E-state index contributed by atoms with van der Waals surface area (Å²) in [6.07, 6.45) is 22.6. The molecule has 7 aliphatic carbocycles. The van der Waals surface area contributed by atoms with Crippen molar-refractivity contribution in [3.8, 4) is 89.7 Å². The molecule has 1 saturated carbocycles. The van der Waals surface area contributed by atoms with E-state index < -0.39 is 0 Å². The van der Waals surface area contributed by atoms with Crippen LogP contribution < -0.4 is 22.8 Å². The highest BCUT2D eigenvalue weighted by Crippen LogP contribution is 2.55. The fourth-order valence-electron chi connectivity index (χ4n) is 24.8. The van der Waals surface area contributed by atoms with E-state index in [1.165, 1.54) is 315 Å². The number of rotatable bonds is 8. The predicted molar refractivity (Wildman–Crippen MR) is 570 cm³/mol. The van der Waals surface area contributed by atoms with E-state index in [9.17, 15) is 8.78 Å². The number of hydrogen-bond acceptors (Lipinski definition) is 0. The largest absolute Gasteiger partial charge is 0.220 e. The summed E-state index contributed by atoms with van der Waals surface area (Å²) < 4.78 is 40.9. The lowest BCUT2D eigenvalue weighted by Crippen LogP contribution is -2.35. The summed E-state index contributed by atoms with van der Waals surface area (Å²) >= 11 is 0. The first kappa shape index (κ1) is 91.2. The monoisotopic (exact) mass is 1810 g/mol. The first-order valence-corrected chi connectivity index (χ1v) is 51.0. The fraction of sp³-hybridized carbons (Fsp3) is 0.290. The predicted octanol–water partition coefficient (Wildman–Crippen LogP) is 29.8. The summed E-state index contributed by atoms with van der Waals surface area (Å²) in [5.74, 6) is 1.40. The first-order chi connectivity index (χ1) is 66.6. The van der Waals surface area contributed by atoms with Crippen LogP contribution in [0.2, 0.25) is 0 Å². The first-order valence-electron chi connectivity index (χ1n) is 51.0. The Balaban J connectivity index is 0.000000103. The normalized spacial score (nSPS) is 15.0. The quantitative estimate of drug-likeness (QED) is 0.135. The van der Waals surface area contributed by atoms with Gasteiger partial charge in [0, 0.05) is 76.1 Å². The SMILES string of the molecule is Cc1cc(-c2c3cc4c(cc3cc(C)[n+]2C)CCC4)c(C)c(C)c1F.Cc1cc(-c2ccccc2)cc(-c2c3cc4c(cc3cc(C)[n+]2C)CCC4)c1C.Cc1cc(-c2ccccc2)ccc1-c1c2cc3c(cc2cc(C)[n+]1C)CCC3.Cc1cc(F)c(-c2ccccc2)cc1-c1c2cc3c(cc2cc(C)[n+]1C)CCC3.Cc1cc2c(cc1-c1c3cc4c(cc3cc(C)[n+]1C)CCC4)C1CCC2C1. The molecule has 2 unspecified atom stereocenters. The smallest absolute Gasteiger partial charge is 0.206 e. The van der Waals surface area contributed by atoms with Crippen LogP contribution in [0.1, 0.15) is 203 Å². The third-order valence-corrected chi connectivity index (χ3v) is 33.3. The van der Waals surface area contributed by atoms with Gasteiger partial charge in [0.2, 0.25) is 28.5 Å². The number of aromatic nitrogens is 5. The minimum atomic E-state index is -0.169. The zero-order valence-electron chi connectivity index (χ0n) is 84.5. The van der Waals surface area contributed by atoms with Crippen molar-refractivity contribution >= 4 is 53.9 Å². The van der Waals surface area contributed by atoms with E-state index in [1.807, 2.05) is 70.2 Å². The van der Waals surface area contributed by atoms with Gasteiger partial charge in [0.25, 0.3) is 0 Å². The molecule has 25 rings (SSSR count). The third-order valence-electron chi connectivity index (χ3n) is 33.3. The van der Waals surface area contributed by atoms with Gasteiger partial charge in [0.1, 0.15) is 46.9 Å². The average molecular weight is 1810 g/mol. The number of pyridine rings is 5. The zero-order valence-corrected chi connectivity index (χ0v) is 84.5. The van der Waals surface area contributed by atoms with Crippen LogP contribution in [0.15, 0.2) is 243 Å². The maximum atomic E-state index is 14.9.